The van der Waals surface area contributed by atoms with Crippen LogP contribution in [0.2, 0.25) is 0 Å². The van der Waals surface area contributed by atoms with E-state index < -0.39 is 0 Å². The zero-order chi connectivity index (χ0) is 23.0. The summed E-state index contributed by atoms with van der Waals surface area (Å²) >= 11 is 1.41. The van der Waals surface area contributed by atoms with Gasteiger partial charge in [0.15, 0.2) is 11.0 Å². The van der Waals surface area contributed by atoms with E-state index in [0.29, 0.717) is 12.5 Å². The van der Waals surface area contributed by atoms with Gasteiger partial charge in [-0.1, -0.05) is 43.2 Å². The average Bonchev–Trinajstić information content (AvgIpc) is 3.29. The smallest absolute Gasteiger partial charge is 0.234 e. The lowest BCUT2D eigenvalue weighted by Gasteiger charge is -2.25. The van der Waals surface area contributed by atoms with E-state index in [0.717, 1.165) is 46.4 Å². The number of rotatable bonds is 8. The standard InChI is InChI=1S/C25H27N5O2S/c1-32-22-13-9-19(10-14-22)24-28-29-25(30(24)21-5-3-2-4-6-21)33-17-23(31)27-20-11-7-18(8-12-20)15-16-26/h7-14,21H,2-6,15,17H2,1H3,(H,27,31). The first-order valence-electron chi connectivity index (χ1n) is 11.2. The van der Waals surface area contributed by atoms with E-state index >= 15 is 0 Å². The second kappa shape index (κ2) is 11.0. The predicted molar refractivity (Wildman–Crippen MR) is 129 cm³/mol. The molecule has 1 fully saturated rings. The fourth-order valence-electron chi connectivity index (χ4n) is 4.11. The van der Waals surface area contributed by atoms with E-state index in [1.807, 2.05) is 48.5 Å². The Morgan fingerprint density at radius 2 is 1.85 bits per heavy atom. The van der Waals surface area contributed by atoms with Crippen molar-refractivity contribution in [1.29, 1.82) is 5.26 Å². The largest absolute Gasteiger partial charge is 0.497 e. The fourth-order valence-corrected chi connectivity index (χ4v) is 4.91. The number of aromatic nitrogens is 3. The molecule has 0 atom stereocenters. The van der Waals surface area contributed by atoms with Crippen molar-refractivity contribution in [2.75, 3.05) is 18.2 Å². The number of ether oxygens (including phenoxy) is 1. The van der Waals surface area contributed by atoms with Crippen molar-refractivity contribution in [3.8, 4) is 23.2 Å². The van der Waals surface area contributed by atoms with Crippen molar-refractivity contribution in [2.45, 2.75) is 49.7 Å². The second-order valence-electron chi connectivity index (χ2n) is 8.07. The molecular weight excluding hydrogens is 434 g/mol. The lowest BCUT2D eigenvalue weighted by atomic mass is 9.95. The number of carbonyl (C=O) groups excluding carboxylic acids is 1. The topological polar surface area (TPSA) is 92.8 Å². The second-order valence-corrected chi connectivity index (χ2v) is 9.01. The number of nitrogens with one attached hydrogen (secondary N) is 1. The first kappa shape index (κ1) is 22.9. The van der Waals surface area contributed by atoms with Gasteiger partial charge in [-0.3, -0.25) is 9.36 Å². The molecule has 1 saturated carbocycles. The number of anilines is 1. The molecule has 1 aliphatic rings. The fraction of sp³-hybridized carbons (Fsp3) is 0.360. The van der Waals surface area contributed by atoms with Crippen molar-refractivity contribution in [1.82, 2.24) is 14.8 Å². The minimum Gasteiger partial charge on any atom is -0.497 e. The molecule has 0 spiro atoms. The SMILES string of the molecule is COc1ccc(-c2nnc(SCC(=O)Nc3ccc(CC#N)cc3)n2C2CCCCC2)cc1. The van der Waals surface area contributed by atoms with Crippen LogP contribution in [-0.4, -0.2) is 33.5 Å². The number of hydrogen-bond acceptors (Lipinski definition) is 6. The molecule has 0 radical (unpaired) electrons. The Labute approximate surface area is 198 Å². The summed E-state index contributed by atoms with van der Waals surface area (Å²) in [5.74, 6) is 1.78. The Balaban J connectivity index is 1.48. The van der Waals surface area contributed by atoms with Gasteiger partial charge in [-0.05, 0) is 54.8 Å². The average molecular weight is 462 g/mol. The third kappa shape index (κ3) is 5.74. The molecule has 1 aliphatic carbocycles. The Kier molecular flexibility index (Phi) is 7.63. The number of thioether (sulfide) groups is 1. The van der Waals surface area contributed by atoms with E-state index in [9.17, 15) is 4.79 Å². The third-order valence-corrected chi connectivity index (χ3v) is 6.75. The van der Waals surface area contributed by atoms with E-state index in [1.54, 1.807) is 7.11 Å². The zero-order valence-corrected chi connectivity index (χ0v) is 19.5. The van der Waals surface area contributed by atoms with Gasteiger partial charge >= 0.3 is 0 Å². The summed E-state index contributed by atoms with van der Waals surface area (Å²) in [5.41, 5.74) is 2.63. The Morgan fingerprint density at radius 3 is 2.52 bits per heavy atom. The van der Waals surface area contributed by atoms with Crippen LogP contribution in [0.1, 0.15) is 43.7 Å². The van der Waals surface area contributed by atoms with Crippen LogP contribution in [0.4, 0.5) is 5.69 Å². The molecular formula is C25H27N5O2S. The Morgan fingerprint density at radius 1 is 1.12 bits per heavy atom. The Bertz CT molecular complexity index is 1110. The minimum atomic E-state index is -0.0998. The van der Waals surface area contributed by atoms with Gasteiger partial charge in [0, 0.05) is 17.3 Å². The summed E-state index contributed by atoms with van der Waals surface area (Å²) in [6, 6.07) is 17.7. The third-order valence-electron chi connectivity index (χ3n) is 5.81. The number of hydrogen-bond donors (Lipinski definition) is 1. The molecule has 0 saturated heterocycles. The van der Waals surface area contributed by atoms with Gasteiger partial charge in [-0.15, -0.1) is 10.2 Å². The van der Waals surface area contributed by atoms with Gasteiger partial charge in [-0.25, -0.2) is 0 Å². The molecule has 0 bridgehead atoms. The maximum atomic E-state index is 12.6. The first-order valence-corrected chi connectivity index (χ1v) is 12.1. The molecule has 1 heterocycles. The van der Waals surface area contributed by atoms with Crippen molar-refractivity contribution in [3.05, 3.63) is 54.1 Å². The van der Waals surface area contributed by atoms with Crippen molar-refractivity contribution < 1.29 is 9.53 Å². The highest BCUT2D eigenvalue weighted by molar-refractivity contribution is 7.99. The van der Waals surface area contributed by atoms with Gasteiger partial charge in [0.2, 0.25) is 5.91 Å². The number of methoxy groups -OCH3 is 1. The van der Waals surface area contributed by atoms with Crippen molar-refractivity contribution in [3.63, 3.8) is 0 Å². The molecule has 33 heavy (non-hydrogen) atoms. The van der Waals surface area contributed by atoms with Gasteiger partial charge in [0.1, 0.15) is 5.75 Å². The lowest BCUT2D eigenvalue weighted by molar-refractivity contribution is -0.113. The molecule has 0 unspecified atom stereocenters. The minimum absolute atomic E-state index is 0.0998. The number of nitrogens with zero attached hydrogens (tertiary/aromatic N) is 4. The molecule has 7 nitrogen and oxygen atoms in total. The maximum absolute atomic E-state index is 12.6. The van der Waals surface area contributed by atoms with Gasteiger partial charge in [-0.2, -0.15) is 5.26 Å². The highest BCUT2D eigenvalue weighted by atomic mass is 32.2. The van der Waals surface area contributed by atoms with E-state index in [2.05, 4.69) is 26.2 Å². The molecule has 2 aromatic carbocycles. The summed E-state index contributed by atoms with van der Waals surface area (Å²) in [6.45, 7) is 0. The highest BCUT2D eigenvalue weighted by Crippen LogP contribution is 2.36. The lowest BCUT2D eigenvalue weighted by Crippen LogP contribution is -2.17. The normalized spacial score (nSPS) is 13.9. The summed E-state index contributed by atoms with van der Waals surface area (Å²) in [4.78, 5) is 12.6. The van der Waals surface area contributed by atoms with Crippen LogP contribution in [0, 0.1) is 11.3 Å². The maximum Gasteiger partial charge on any atom is 0.234 e. The highest BCUT2D eigenvalue weighted by Gasteiger charge is 2.24. The Hall–Kier alpha value is -3.31. The van der Waals surface area contributed by atoms with Gasteiger partial charge in [0.25, 0.3) is 0 Å². The van der Waals surface area contributed by atoms with Crippen LogP contribution < -0.4 is 10.1 Å². The summed E-state index contributed by atoms with van der Waals surface area (Å²) in [6.07, 6.45) is 6.19. The van der Waals surface area contributed by atoms with Crippen LogP contribution >= 0.6 is 11.8 Å². The molecule has 4 rings (SSSR count). The molecule has 1 amide bonds. The van der Waals surface area contributed by atoms with Crippen LogP contribution in [0.15, 0.2) is 53.7 Å². The zero-order valence-electron chi connectivity index (χ0n) is 18.7. The number of benzene rings is 2. The van der Waals surface area contributed by atoms with Crippen LogP contribution in [0.3, 0.4) is 0 Å². The van der Waals surface area contributed by atoms with E-state index in [-0.39, 0.29) is 11.7 Å². The number of amides is 1. The number of nitriles is 1. The first-order chi connectivity index (χ1) is 16.2. The van der Waals surface area contributed by atoms with E-state index in [1.165, 1.54) is 31.0 Å². The van der Waals surface area contributed by atoms with Gasteiger partial charge in [0.05, 0.1) is 25.4 Å². The van der Waals surface area contributed by atoms with Crippen molar-refractivity contribution >= 4 is 23.4 Å². The van der Waals surface area contributed by atoms with Gasteiger partial charge < -0.3 is 10.1 Å². The molecule has 0 aliphatic heterocycles. The number of carbonyl (C=O) groups is 1. The molecule has 1 aromatic heterocycles. The van der Waals surface area contributed by atoms with Crippen molar-refractivity contribution in [2.24, 2.45) is 0 Å². The molecule has 1 N–H and O–H groups in total. The predicted octanol–water partition coefficient (Wildman–Crippen LogP) is 5.26. The monoisotopic (exact) mass is 461 g/mol. The summed E-state index contributed by atoms with van der Waals surface area (Å²) in [5, 5.41) is 21.4. The van der Waals surface area contributed by atoms with Crippen LogP contribution in [0.25, 0.3) is 11.4 Å². The molecule has 8 heteroatoms. The quantitative estimate of drug-likeness (QED) is 0.460. The van der Waals surface area contributed by atoms with Crippen LogP contribution in [-0.2, 0) is 11.2 Å². The molecule has 3 aromatic rings. The van der Waals surface area contributed by atoms with E-state index in [4.69, 9.17) is 10.00 Å². The summed E-state index contributed by atoms with van der Waals surface area (Å²) < 4.78 is 7.50. The summed E-state index contributed by atoms with van der Waals surface area (Å²) in [7, 11) is 1.65. The molecule has 170 valence electrons. The van der Waals surface area contributed by atoms with Crippen LogP contribution in [0.5, 0.6) is 5.75 Å².